The molecule has 0 N–H and O–H groups in total. The average Bonchev–Trinajstić information content (AvgIpc) is 2.77. The fourth-order valence-electron chi connectivity index (χ4n) is 2.08. The van der Waals surface area contributed by atoms with Crippen molar-refractivity contribution in [3.8, 4) is 10.6 Å². The van der Waals surface area contributed by atoms with Crippen LogP contribution in [0, 0.1) is 20.8 Å². The first-order chi connectivity index (χ1) is 8.65. The van der Waals surface area contributed by atoms with Gasteiger partial charge in [-0.25, -0.2) is 15.0 Å². The molecule has 0 radical (unpaired) electrons. The van der Waals surface area contributed by atoms with Crippen LogP contribution in [0.15, 0.2) is 24.7 Å². The fourth-order valence-corrected chi connectivity index (χ4v) is 2.83. The van der Waals surface area contributed by atoms with Gasteiger partial charge in [0.15, 0.2) is 0 Å². The Morgan fingerprint density at radius 1 is 1.00 bits per heavy atom. The van der Waals surface area contributed by atoms with Crippen molar-refractivity contribution in [2.24, 2.45) is 0 Å². The van der Waals surface area contributed by atoms with Crippen molar-refractivity contribution in [1.82, 2.24) is 15.0 Å². The van der Waals surface area contributed by atoms with Crippen molar-refractivity contribution in [2.45, 2.75) is 20.8 Å². The van der Waals surface area contributed by atoms with Gasteiger partial charge in [-0.15, -0.1) is 11.3 Å². The van der Waals surface area contributed by atoms with E-state index in [4.69, 9.17) is 0 Å². The number of rotatable bonds is 1. The molecule has 0 aliphatic rings. The van der Waals surface area contributed by atoms with E-state index >= 15 is 0 Å². The molecule has 0 saturated heterocycles. The third-order valence-electron chi connectivity index (χ3n) is 3.00. The molecule has 0 amide bonds. The minimum atomic E-state index is 1.01. The number of hydrogen-bond acceptors (Lipinski definition) is 4. The fraction of sp³-hybridized carbons (Fsp3) is 0.214. The molecule has 0 spiro atoms. The van der Waals surface area contributed by atoms with Crippen LogP contribution in [0.5, 0.6) is 0 Å². The van der Waals surface area contributed by atoms with E-state index in [1.54, 1.807) is 17.7 Å². The molecule has 0 bridgehead atoms. The summed E-state index contributed by atoms with van der Waals surface area (Å²) in [7, 11) is 0. The lowest BCUT2D eigenvalue weighted by atomic mass is 10.1. The zero-order valence-corrected chi connectivity index (χ0v) is 11.4. The van der Waals surface area contributed by atoms with Gasteiger partial charge in [0.1, 0.15) is 11.3 Å². The van der Waals surface area contributed by atoms with Crippen LogP contribution in [0.25, 0.3) is 21.5 Å². The molecule has 18 heavy (non-hydrogen) atoms. The minimum absolute atomic E-state index is 1.01. The summed E-state index contributed by atoms with van der Waals surface area (Å²) in [6.07, 6.45) is 3.53. The first-order valence-corrected chi connectivity index (χ1v) is 6.61. The van der Waals surface area contributed by atoms with E-state index in [9.17, 15) is 0 Å². The average molecular weight is 255 g/mol. The lowest BCUT2D eigenvalue weighted by Gasteiger charge is -2.06. The first-order valence-electron chi connectivity index (χ1n) is 5.80. The van der Waals surface area contributed by atoms with Crippen LogP contribution < -0.4 is 0 Å². The lowest BCUT2D eigenvalue weighted by molar-refractivity contribution is 1.14. The molecule has 90 valence electrons. The molecular weight excluding hydrogens is 242 g/mol. The van der Waals surface area contributed by atoms with Crippen LogP contribution in [0.3, 0.4) is 0 Å². The second-order valence-electron chi connectivity index (χ2n) is 4.42. The Balaban J connectivity index is 2.29. The Labute approximate surface area is 110 Å². The molecule has 0 atom stereocenters. The van der Waals surface area contributed by atoms with Crippen molar-refractivity contribution in [2.75, 3.05) is 0 Å². The quantitative estimate of drug-likeness (QED) is 0.666. The predicted molar refractivity (Wildman–Crippen MR) is 74.9 cm³/mol. The molecule has 0 unspecified atom stereocenters. The number of hydrogen-bond donors (Lipinski definition) is 0. The third-order valence-corrected chi connectivity index (χ3v) is 3.96. The van der Waals surface area contributed by atoms with Crippen LogP contribution in [-0.4, -0.2) is 15.0 Å². The van der Waals surface area contributed by atoms with Gasteiger partial charge in [0.25, 0.3) is 0 Å². The van der Waals surface area contributed by atoms with Gasteiger partial charge in [-0.05, 0) is 38.5 Å². The predicted octanol–water partition coefficient (Wildman–Crippen LogP) is 3.68. The lowest BCUT2D eigenvalue weighted by Crippen LogP contribution is -1.91. The summed E-state index contributed by atoms with van der Waals surface area (Å²) < 4.78 is 0. The van der Waals surface area contributed by atoms with Gasteiger partial charge in [0, 0.05) is 27.7 Å². The smallest absolute Gasteiger partial charge is 0.123 e. The molecule has 0 fully saturated rings. The van der Waals surface area contributed by atoms with E-state index in [-0.39, 0.29) is 0 Å². The van der Waals surface area contributed by atoms with E-state index in [1.165, 1.54) is 10.4 Å². The van der Waals surface area contributed by atoms with Gasteiger partial charge in [-0.2, -0.15) is 0 Å². The maximum absolute atomic E-state index is 4.44. The second-order valence-corrected chi connectivity index (χ2v) is 5.66. The second kappa shape index (κ2) is 4.14. The van der Waals surface area contributed by atoms with Crippen molar-refractivity contribution < 1.29 is 0 Å². The highest BCUT2D eigenvalue weighted by atomic mass is 32.1. The summed E-state index contributed by atoms with van der Waals surface area (Å²) in [6.45, 7) is 6.17. The standard InChI is InChI=1S/C14H13N3S/c1-8-4-11(14-15-6-9(2)18-14)5-12-10(3)16-7-17-13(8)12/h4-7H,1-3H3. The molecule has 0 aliphatic carbocycles. The van der Waals surface area contributed by atoms with Gasteiger partial charge >= 0.3 is 0 Å². The molecule has 1 aromatic carbocycles. The van der Waals surface area contributed by atoms with E-state index in [0.29, 0.717) is 0 Å². The van der Waals surface area contributed by atoms with E-state index in [1.807, 2.05) is 13.1 Å². The molecule has 3 rings (SSSR count). The van der Waals surface area contributed by atoms with Gasteiger partial charge in [0.05, 0.1) is 5.52 Å². The zero-order valence-electron chi connectivity index (χ0n) is 10.6. The van der Waals surface area contributed by atoms with Gasteiger partial charge in [0.2, 0.25) is 0 Å². The maximum atomic E-state index is 4.44. The monoisotopic (exact) mass is 255 g/mol. The van der Waals surface area contributed by atoms with Crippen LogP contribution in [-0.2, 0) is 0 Å². The number of fused-ring (bicyclic) bond motifs is 1. The number of aromatic nitrogens is 3. The summed E-state index contributed by atoms with van der Waals surface area (Å²) in [4.78, 5) is 14.3. The van der Waals surface area contributed by atoms with Crippen LogP contribution in [0.4, 0.5) is 0 Å². The highest BCUT2D eigenvalue weighted by Gasteiger charge is 2.08. The number of aryl methyl sites for hydroxylation is 3. The zero-order chi connectivity index (χ0) is 12.7. The molecular formula is C14H13N3S. The van der Waals surface area contributed by atoms with Crippen molar-refractivity contribution in [3.63, 3.8) is 0 Å². The molecule has 4 heteroatoms. The topological polar surface area (TPSA) is 38.7 Å². The summed E-state index contributed by atoms with van der Waals surface area (Å²) in [5.74, 6) is 0. The van der Waals surface area contributed by atoms with Crippen LogP contribution in [0.2, 0.25) is 0 Å². The number of thiazole rings is 1. The summed E-state index contributed by atoms with van der Waals surface area (Å²) in [6, 6.07) is 4.28. The summed E-state index contributed by atoms with van der Waals surface area (Å²) in [5.41, 5.74) is 4.36. The summed E-state index contributed by atoms with van der Waals surface area (Å²) >= 11 is 1.71. The third kappa shape index (κ3) is 1.78. The van der Waals surface area contributed by atoms with Gasteiger partial charge in [-0.3, -0.25) is 0 Å². The molecule has 2 aromatic heterocycles. The van der Waals surface area contributed by atoms with E-state index < -0.39 is 0 Å². The molecule has 0 aliphatic heterocycles. The molecule has 3 nitrogen and oxygen atoms in total. The van der Waals surface area contributed by atoms with E-state index in [0.717, 1.165) is 27.2 Å². The Morgan fingerprint density at radius 2 is 1.83 bits per heavy atom. The number of benzene rings is 1. The SMILES string of the molecule is Cc1cnc(-c2cc(C)c3ncnc(C)c3c2)s1. The van der Waals surface area contributed by atoms with Crippen molar-refractivity contribution in [1.29, 1.82) is 0 Å². The highest BCUT2D eigenvalue weighted by molar-refractivity contribution is 7.14. The molecule has 2 heterocycles. The highest BCUT2D eigenvalue weighted by Crippen LogP contribution is 2.29. The van der Waals surface area contributed by atoms with Gasteiger partial charge in [-0.1, -0.05) is 0 Å². The maximum Gasteiger partial charge on any atom is 0.123 e. The Bertz CT molecular complexity index is 731. The van der Waals surface area contributed by atoms with Crippen molar-refractivity contribution in [3.05, 3.63) is 40.8 Å². The Morgan fingerprint density at radius 3 is 2.56 bits per heavy atom. The first kappa shape index (κ1) is 11.3. The van der Waals surface area contributed by atoms with Crippen LogP contribution >= 0.6 is 11.3 Å². The molecule has 0 saturated carbocycles. The molecule has 3 aromatic rings. The Kier molecular flexibility index (Phi) is 2.59. The minimum Gasteiger partial charge on any atom is -0.244 e. The van der Waals surface area contributed by atoms with Gasteiger partial charge < -0.3 is 0 Å². The number of nitrogens with zero attached hydrogens (tertiary/aromatic N) is 3. The van der Waals surface area contributed by atoms with Crippen LogP contribution in [0.1, 0.15) is 16.1 Å². The van der Waals surface area contributed by atoms with E-state index in [2.05, 4.69) is 40.9 Å². The largest absolute Gasteiger partial charge is 0.244 e. The Hall–Kier alpha value is -1.81. The summed E-state index contributed by atoms with van der Waals surface area (Å²) in [5, 5.41) is 2.17. The van der Waals surface area contributed by atoms with Crippen molar-refractivity contribution >= 4 is 22.2 Å². The normalized spacial score (nSPS) is 11.1.